The van der Waals surface area contributed by atoms with E-state index in [1.54, 1.807) is 47.4 Å². The van der Waals surface area contributed by atoms with Crippen molar-refractivity contribution in [1.82, 2.24) is 4.31 Å². The lowest BCUT2D eigenvalue weighted by molar-refractivity contribution is -0.124. The van der Waals surface area contributed by atoms with Crippen molar-refractivity contribution in [3.63, 3.8) is 0 Å². The van der Waals surface area contributed by atoms with Gasteiger partial charge in [-0.25, -0.2) is 8.42 Å². The van der Waals surface area contributed by atoms with Gasteiger partial charge in [0.25, 0.3) is 11.8 Å². The van der Waals surface area contributed by atoms with Crippen molar-refractivity contribution in [3.05, 3.63) is 53.6 Å². The van der Waals surface area contributed by atoms with Gasteiger partial charge in [0.2, 0.25) is 10.0 Å². The number of anilines is 2. The molecule has 0 saturated carbocycles. The molecule has 0 radical (unpaired) electrons. The Morgan fingerprint density at radius 1 is 1.12 bits per heavy atom. The standard InChI is InChI=1S/C25H31N3O5S/c1-3-27(4-2)34(31,32)21-12-13-22-18(17-21)9-6-14-28(22)25(30)19-8-5-10-20(16-19)26-24(29)23-11-7-15-33-23/h5,8,10,12-13,16-17,23H,3-4,6-7,9,11,14-15H2,1-2H3,(H,26,29). The highest BCUT2D eigenvalue weighted by molar-refractivity contribution is 7.89. The average Bonchev–Trinajstić information content (AvgIpc) is 3.39. The van der Waals surface area contributed by atoms with Gasteiger partial charge in [-0.15, -0.1) is 0 Å². The maximum absolute atomic E-state index is 13.4. The highest BCUT2D eigenvalue weighted by Crippen LogP contribution is 2.32. The van der Waals surface area contributed by atoms with Crippen LogP contribution in [0.2, 0.25) is 0 Å². The molecule has 1 fully saturated rings. The molecule has 34 heavy (non-hydrogen) atoms. The molecular formula is C25H31N3O5S. The summed E-state index contributed by atoms with van der Waals surface area (Å²) >= 11 is 0. The van der Waals surface area contributed by atoms with Gasteiger partial charge in [-0.2, -0.15) is 4.31 Å². The van der Waals surface area contributed by atoms with Gasteiger partial charge >= 0.3 is 0 Å². The van der Waals surface area contributed by atoms with Gasteiger partial charge in [0.15, 0.2) is 0 Å². The van der Waals surface area contributed by atoms with Crippen molar-refractivity contribution in [2.24, 2.45) is 0 Å². The van der Waals surface area contributed by atoms with Gasteiger partial charge in [0.05, 0.1) is 4.90 Å². The Morgan fingerprint density at radius 3 is 2.62 bits per heavy atom. The fraction of sp³-hybridized carbons (Fsp3) is 0.440. The highest BCUT2D eigenvalue weighted by Gasteiger charge is 2.28. The molecule has 182 valence electrons. The molecule has 8 nitrogen and oxygen atoms in total. The van der Waals surface area contributed by atoms with Crippen LogP contribution in [-0.2, 0) is 26.0 Å². The van der Waals surface area contributed by atoms with Crippen LogP contribution in [0, 0.1) is 0 Å². The molecule has 0 spiro atoms. The van der Waals surface area contributed by atoms with E-state index in [-0.39, 0.29) is 16.7 Å². The molecule has 2 amide bonds. The molecule has 1 saturated heterocycles. The number of sulfonamides is 1. The fourth-order valence-electron chi connectivity index (χ4n) is 4.55. The summed E-state index contributed by atoms with van der Waals surface area (Å²) in [5.41, 5.74) is 2.57. The molecule has 4 rings (SSSR count). The van der Waals surface area contributed by atoms with E-state index in [0.29, 0.717) is 50.3 Å². The molecule has 1 N–H and O–H groups in total. The Morgan fingerprint density at radius 2 is 1.91 bits per heavy atom. The fourth-order valence-corrected chi connectivity index (χ4v) is 6.06. The van der Waals surface area contributed by atoms with E-state index in [0.717, 1.165) is 24.1 Å². The third kappa shape index (κ3) is 4.87. The van der Waals surface area contributed by atoms with Crippen LogP contribution in [0.1, 0.15) is 49.0 Å². The largest absolute Gasteiger partial charge is 0.368 e. The first-order chi connectivity index (χ1) is 16.3. The second-order valence-corrected chi connectivity index (χ2v) is 10.4. The number of aryl methyl sites for hydroxylation is 1. The first kappa shape index (κ1) is 24.4. The maximum atomic E-state index is 13.4. The van der Waals surface area contributed by atoms with Crippen LogP contribution in [0.15, 0.2) is 47.4 Å². The molecule has 1 atom stereocenters. The molecule has 2 aliphatic rings. The van der Waals surface area contributed by atoms with Crippen LogP contribution in [0.25, 0.3) is 0 Å². The Kier molecular flexibility index (Phi) is 7.35. The number of fused-ring (bicyclic) bond motifs is 1. The number of hydrogen-bond acceptors (Lipinski definition) is 5. The van der Waals surface area contributed by atoms with Crippen LogP contribution < -0.4 is 10.2 Å². The number of nitrogens with zero attached hydrogens (tertiary/aromatic N) is 2. The minimum absolute atomic E-state index is 0.187. The van der Waals surface area contributed by atoms with Crippen LogP contribution in [0.4, 0.5) is 11.4 Å². The van der Waals surface area contributed by atoms with Crippen LogP contribution in [0.5, 0.6) is 0 Å². The lowest BCUT2D eigenvalue weighted by Crippen LogP contribution is -2.36. The molecule has 2 aliphatic heterocycles. The van der Waals surface area contributed by atoms with E-state index < -0.39 is 16.1 Å². The van der Waals surface area contributed by atoms with E-state index in [9.17, 15) is 18.0 Å². The Labute approximate surface area is 200 Å². The predicted molar refractivity (Wildman–Crippen MR) is 131 cm³/mol. The molecule has 2 heterocycles. The highest BCUT2D eigenvalue weighted by atomic mass is 32.2. The number of benzene rings is 2. The van der Waals surface area contributed by atoms with Gasteiger partial charge < -0.3 is 15.0 Å². The molecule has 0 aliphatic carbocycles. The third-order valence-electron chi connectivity index (χ3n) is 6.36. The maximum Gasteiger partial charge on any atom is 0.258 e. The van der Waals surface area contributed by atoms with Crippen molar-refractivity contribution >= 4 is 33.2 Å². The first-order valence-corrected chi connectivity index (χ1v) is 13.3. The molecular weight excluding hydrogens is 454 g/mol. The second-order valence-electron chi connectivity index (χ2n) is 8.51. The van der Waals surface area contributed by atoms with Gasteiger partial charge in [0.1, 0.15) is 6.10 Å². The number of nitrogens with one attached hydrogen (secondary N) is 1. The summed E-state index contributed by atoms with van der Waals surface area (Å²) < 4.78 is 32.7. The minimum Gasteiger partial charge on any atom is -0.368 e. The molecule has 0 aromatic heterocycles. The molecule has 1 unspecified atom stereocenters. The zero-order chi connectivity index (χ0) is 24.3. The van der Waals surface area contributed by atoms with Gasteiger partial charge in [-0.1, -0.05) is 19.9 Å². The minimum atomic E-state index is -3.57. The lowest BCUT2D eigenvalue weighted by atomic mass is 10.0. The zero-order valence-electron chi connectivity index (χ0n) is 19.6. The summed E-state index contributed by atoms with van der Waals surface area (Å²) in [6.07, 6.45) is 2.56. The number of carbonyl (C=O) groups excluding carboxylic acids is 2. The summed E-state index contributed by atoms with van der Waals surface area (Å²) in [5, 5.41) is 2.84. The zero-order valence-corrected chi connectivity index (χ0v) is 20.4. The smallest absolute Gasteiger partial charge is 0.258 e. The van der Waals surface area contributed by atoms with Gasteiger partial charge in [0, 0.05) is 43.2 Å². The average molecular weight is 486 g/mol. The van der Waals surface area contributed by atoms with Crippen molar-refractivity contribution in [3.8, 4) is 0 Å². The summed E-state index contributed by atoms with van der Waals surface area (Å²) in [7, 11) is -3.57. The molecule has 2 aromatic carbocycles. The van der Waals surface area contributed by atoms with E-state index in [1.807, 2.05) is 13.8 Å². The number of rotatable bonds is 7. The van der Waals surface area contributed by atoms with E-state index in [2.05, 4.69) is 5.32 Å². The van der Waals surface area contributed by atoms with Crippen LogP contribution in [-0.4, -0.2) is 56.9 Å². The Balaban J connectivity index is 1.56. The van der Waals surface area contributed by atoms with Crippen LogP contribution >= 0.6 is 0 Å². The normalized spacial score (nSPS) is 18.1. The molecule has 9 heteroatoms. The summed E-state index contributed by atoms with van der Waals surface area (Å²) in [6.45, 7) is 5.57. The van der Waals surface area contributed by atoms with Gasteiger partial charge in [-0.05, 0) is 67.6 Å². The first-order valence-electron chi connectivity index (χ1n) is 11.8. The van der Waals surface area contributed by atoms with Crippen molar-refractivity contribution in [2.75, 3.05) is 36.5 Å². The number of hydrogen-bond donors (Lipinski definition) is 1. The topological polar surface area (TPSA) is 96.0 Å². The monoisotopic (exact) mass is 485 g/mol. The second kappa shape index (κ2) is 10.2. The van der Waals surface area contributed by atoms with E-state index in [1.165, 1.54) is 4.31 Å². The van der Waals surface area contributed by atoms with Crippen molar-refractivity contribution in [2.45, 2.75) is 50.5 Å². The quantitative estimate of drug-likeness (QED) is 0.648. The van der Waals surface area contributed by atoms with Crippen LogP contribution in [0.3, 0.4) is 0 Å². The number of ether oxygens (including phenoxy) is 1. The Bertz CT molecular complexity index is 1170. The summed E-state index contributed by atoms with van der Waals surface area (Å²) in [5.74, 6) is -0.388. The summed E-state index contributed by atoms with van der Waals surface area (Å²) in [6, 6.07) is 11.9. The number of amides is 2. The third-order valence-corrected chi connectivity index (χ3v) is 8.40. The van der Waals surface area contributed by atoms with Crippen molar-refractivity contribution in [1.29, 1.82) is 0 Å². The summed E-state index contributed by atoms with van der Waals surface area (Å²) in [4.78, 5) is 27.7. The Hall–Kier alpha value is -2.75. The van der Waals surface area contributed by atoms with Gasteiger partial charge in [-0.3, -0.25) is 9.59 Å². The molecule has 2 aromatic rings. The van der Waals surface area contributed by atoms with E-state index >= 15 is 0 Å². The van der Waals surface area contributed by atoms with E-state index in [4.69, 9.17) is 4.74 Å². The predicted octanol–water partition coefficient (Wildman–Crippen LogP) is 3.43. The molecule has 0 bridgehead atoms. The SMILES string of the molecule is CCN(CC)S(=O)(=O)c1ccc2c(c1)CCCN2C(=O)c1cccc(NC(=O)C2CCCO2)c1. The van der Waals surface area contributed by atoms with Crippen molar-refractivity contribution < 1.29 is 22.7 Å². The lowest BCUT2D eigenvalue weighted by Gasteiger charge is -2.30. The number of carbonyl (C=O) groups is 2.